The molecule has 9 heavy (non-hydrogen) atoms. The van der Waals surface area contributed by atoms with Gasteiger partial charge in [0.15, 0.2) is 0 Å². The van der Waals surface area contributed by atoms with Crippen LogP contribution in [0.25, 0.3) is 0 Å². The predicted octanol–water partition coefficient (Wildman–Crippen LogP) is 1.23. The van der Waals surface area contributed by atoms with Crippen molar-refractivity contribution < 1.29 is 4.21 Å². The summed E-state index contributed by atoms with van der Waals surface area (Å²) in [5.74, 6) is 0. The van der Waals surface area contributed by atoms with Crippen molar-refractivity contribution in [2.24, 2.45) is 0 Å². The topological polar surface area (TPSA) is 17.1 Å². The highest BCUT2D eigenvalue weighted by molar-refractivity contribution is 7.87. The monoisotopic (exact) mass is 142 g/mol. The zero-order chi connectivity index (χ0) is 6.27. The summed E-state index contributed by atoms with van der Waals surface area (Å²) in [5, 5.41) is 0.840. The molecule has 2 aliphatic heterocycles. The van der Waals surface area contributed by atoms with Crippen LogP contribution in [0.1, 0.15) is 19.3 Å². The summed E-state index contributed by atoms with van der Waals surface area (Å²) < 4.78 is 11.2. The molecule has 0 amide bonds. The molecule has 0 spiro atoms. The van der Waals surface area contributed by atoms with E-state index in [1.54, 1.807) is 0 Å². The molecule has 2 heterocycles. The van der Waals surface area contributed by atoms with E-state index >= 15 is 0 Å². The average molecular weight is 142 g/mol. The maximum Gasteiger partial charge on any atom is 0.0534 e. The minimum Gasteiger partial charge on any atom is -0.258 e. The van der Waals surface area contributed by atoms with Crippen LogP contribution in [0.3, 0.4) is 0 Å². The summed E-state index contributed by atoms with van der Waals surface area (Å²) in [5.41, 5.74) is 0. The first kappa shape index (κ1) is 5.66. The first-order valence-electron chi connectivity index (χ1n) is 3.45. The van der Waals surface area contributed by atoms with Crippen molar-refractivity contribution in [3.63, 3.8) is 0 Å². The fraction of sp³-hybridized carbons (Fsp3) is 0.714. The lowest BCUT2D eigenvalue weighted by Crippen LogP contribution is -2.22. The van der Waals surface area contributed by atoms with E-state index in [0.717, 1.165) is 12.8 Å². The van der Waals surface area contributed by atoms with Crippen molar-refractivity contribution >= 4 is 10.8 Å². The molecule has 0 radical (unpaired) electrons. The second-order valence-electron chi connectivity index (χ2n) is 2.72. The Morgan fingerprint density at radius 2 is 1.78 bits per heavy atom. The molecule has 2 bridgehead atoms. The third-order valence-corrected chi connectivity index (χ3v) is 4.09. The third kappa shape index (κ3) is 0.767. The Hall–Kier alpha value is -0.110. The Labute approximate surface area is 57.6 Å². The summed E-state index contributed by atoms with van der Waals surface area (Å²) in [4.78, 5) is 0. The first-order valence-corrected chi connectivity index (χ1v) is 4.73. The molecule has 1 unspecified atom stereocenters. The molecular formula is C7H10OS. The molecule has 0 N–H and O–H groups in total. The summed E-state index contributed by atoms with van der Waals surface area (Å²) in [6.07, 6.45) is 7.84. The molecule has 0 aliphatic carbocycles. The molecule has 0 aromatic rings. The fourth-order valence-corrected chi connectivity index (χ4v) is 3.31. The maximum absolute atomic E-state index is 11.2. The SMILES string of the molecule is O=S1[C@@H]2C=C[C@H]1CCC2. The fourth-order valence-electron chi connectivity index (χ4n) is 1.57. The van der Waals surface area contributed by atoms with E-state index in [4.69, 9.17) is 0 Å². The highest BCUT2D eigenvalue weighted by Crippen LogP contribution is 2.29. The van der Waals surface area contributed by atoms with Gasteiger partial charge in [0, 0.05) is 10.8 Å². The van der Waals surface area contributed by atoms with Crippen LogP contribution >= 0.6 is 0 Å². The second kappa shape index (κ2) is 1.94. The van der Waals surface area contributed by atoms with Crippen LogP contribution in [0, 0.1) is 0 Å². The van der Waals surface area contributed by atoms with Gasteiger partial charge in [-0.25, -0.2) is 0 Å². The molecule has 2 heteroatoms. The zero-order valence-corrected chi connectivity index (χ0v) is 6.06. The van der Waals surface area contributed by atoms with Gasteiger partial charge in [-0.15, -0.1) is 0 Å². The standard InChI is InChI=1S/C7H10OS/c8-9-6-2-1-3-7(9)5-4-6/h4-7H,1-3H2/t6-,7+,9?. The van der Waals surface area contributed by atoms with Crippen LogP contribution in [0.2, 0.25) is 0 Å². The highest BCUT2D eigenvalue weighted by Gasteiger charge is 2.30. The van der Waals surface area contributed by atoms with Gasteiger partial charge in [-0.3, -0.25) is 4.21 Å². The number of fused-ring (bicyclic) bond motifs is 2. The van der Waals surface area contributed by atoms with Crippen molar-refractivity contribution in [1.29, 1.82) is 0 Å². The van der Waals surface area contributed by atoms with Crippen LogP contribution in [-0.2, 0) is 10.8 Å². The Balaban J connectivity index is 2.27. The maximum atomic E-state index is 11.2. The summed E-state index contributed by atoms with van der Waals surface area (Å²) >= 11 is 0. The Morgan fingerprint density at radius 1 is 1.22 bits per heavy atom. The lowest BCUT2D eigenvalue weighted by molar-refractivity contribution is 0.628. The first-order chi connectivity index (χ1) is 4.38. The molecule has 1 fully saturated rings. The van der Waals surface area contributed by atoms with Gasteiger partial charge in [0.05, 0.1) is 10.5 Å². The number of rotatable bonds is 0. The third-order valence-electron chi connectivity index (χ3n) is 2.11. The van der Waals surface area contributed by atoms with Gasteiger partial charge in [-0.05, 0) is 12.8 Å². The molecule has 3 atom stereocenters. The quantitative estimate of drug-likeness (QED) is 0.465. The van der Waals surface area contributed by atoms with Crippen LogP contribution in [-0.4, -0.2) is 14.7 Å². The lowest BCUT2D eigenvalue weighted by Gasteiger charge is -2.17. The highest BCUT2D eigenvalue weighted by atomic mass is 32.2. The van der Waals surface area contributed by atoms with Crippen molar-refractivity contribution in [2.75, 3.05) is 0 Å². The molecule has 1 nitrogen and oxygen atoms in total. The molecule has 50 valence electrons. The Kier molecular flexibility index (Phi) is 1.22. The Morgan fingerprint density at radius 3 is 2.22 bits per heavy atom. The van der Waals surface area contributed by atoms with Gasteiger partial charge in [0.25, 0.3) is 0 Å². The molecule has 0 saturated carbocycles. The van der Waals surface area contributed by atoms with Crippen molar-refractivity contribution in [1.82, 2.24) is 0 Å². The van der Waals surface area contributed by atoms with E-state index < -0.39 is 10.8 Å². The summed E-state index contributed by atoms with van der Waals surface area (Å²) in [7, 11) is -0.530. The van der Waals surface area contributed by atoms with Crippen molar-refractivity contribution in [3.8, 4) is 0 Å². The van der Waals surface area contributed by atoms with Crippen LogP contribution in [0.15, 0.2) is 12.2 Å². The minimum absolute atomic E-state index is 0.420. The molecule has 2 aliphatic rings. The summed E-state index contributed by atoms with van der Waals surface area (Å²) in [6.45, 7) is 0. The smallest absolute Gasteiger partial charge is 0.0534 e. The normalized spacial score (nSPS) is 47.8. The van der Waals surface area contributed by atoms with Gasteiger partial charge in [-0.1, -0.05) is 18.6 Å². The van der Waals surface area contributed by atoms with E-state index in [0.29, 0.717) is 10.5 Å². The van der Waals surface area contributed by atoms with Crippen LogP contribution < -0.4 is 0 Å². The predicted molar refractivity (Wildman–Crippen MR) is 38.7 cm³/mol. The van der Waals surface area contributed by atoms with Crippen LogP contribution in [0.4, 0.5) is 0 Å². The average Bonchev–Trinajstić information content (AvgIpc) is 2.19. The largest absolute Gasteiger partial charge is 0.258 e. The van der Waals surface area contributed by atoms with Gasteiger partial charge in [0.1, 0.15) is 0 Å². The van der Waals surface area contributed by atoms with E-state index in [2.05, 4.69) is 12.2 Å². The van der Waals surface area contributed by atoms with Gasteiger partial charge in [-0.2, -0.15) is 0 Å². The van der Waals surface area contributed by atoms with Crippen molar-refractivity contribution in [2.45, 2.75) is 29.8 Å². The zero-order valence-electron chi connectivity index (χ0n) is 5.25. The van der Waals surface area contributed by atoms with Gasteiger partial charge < -0.3 is 0 Å². The number of hydrogen-bond acceptors (Lipinski definition) is 1. The number of hydrogen-bond donors (Lipinski definition) is 0. The van der Waals surface area contributed by atoms with E-state index in [9.17, 15) is 4.21 Å². The lowest BCUT2D eigenvalue weighted by atomic mass is 10.2. The molecule has 2 rings (SSSR count). The minimum atomic E-state index is -0.530. The summed E-state index contributed by atoms with van der Waals surface area (Å²) in [6, 6.07) is 0. The molecule has 1 saturated heterocycles. The second-order valence-corrected chi connectivity index (χ2v) is 4.59. The van der Waals surface area contributed by atoms with E-state index in [-0.39, 0.29) is 0 Å². The van der Waals surface area contributed by atoms with Crippen molar-refractivity contribution in [3.05, 3.63) is 12.2 Å². The molecule has 0 aromatic carbocycles. The van der Waals surface area contributed by atoms with Gasteiger partial charge >= 0.3 is 0 Å². The Bertz CT molecular complexity index is 158. The molecular weight excluding hydrogens is 132 g/mol. The van der Waals surface area contributed by atoms with Crippen LogP contribution in [0.5, 0.6) is 0 Å². The van der Waals surface area contributed by atoms with E-state index in [1.165, 1.54) is 6.42 Å². The van der Waals surface area contributed by atoms with E-state index in [1.807, 2.05) is 0 Å². The molecule has 0 aromatic heterocycles. The van der Waals surface area contributed by atoms with Gasteiger partial charge in [0.2, 0.25) is 0 Å².